The number of carbonyl (C=O) groups is 1. The number of likely N-dealkylation sites (N-methyl/N-ethyl adjacent to an activating group) is 1. The molecule has 266 valence electrons. The molecule has 10 heteroatoms. The van der Waals surface area contributed by atoms with Crippen LogP contribution in [-0.2, 0) is 29.2 Å². The summed E-state index contributed by atoms with van der Waals surface area (Å²) in [6, 6.07) is 23.4. The molecule has 0 amide bonds. The number of nitriles is 1. The van der Waals surface area contributed by atoms with Gasteiger partial charge in [-0.05, 0) is 55.6 Å². The van der Waals surface area contributed by atoms with Gasteiger partial charge in [0.25, 0.3) is 0 Å². The second-order valence-electron chi connectivity index (χ2n) is 13.7. The van der Waals surface area contributed by atoms with E-state index in [1.807, 2.05) is 74.5 Å². The molecule has 0 radical (unpaired) electrons. The van der Waals surface area contributed by atoms with Crippen LogP contribution in [0.1, 0.15) is 63.5 Å². The monoisotopic (exact) mass is 699 g/mol. The van der Waals surface area contributed by atoms with Crippen LogP contribution in [0.15, 0.2) is 72.4 Å². The Morgan fingerprint density at radius 1 is 0.942 bits per heavy atom. The second kappa shape index (κ2) is 13.6. The topological polar surface area (TPSA) is 103 Å². The van der Waals surface area contributed by atoms with Crippen molar-refractivity contribution in [1.82, 2.24) is 9.80 Å². The van der Waals surface area contributed by atoms with Gasteiger partial charge in [0.05, 0.1) is 38.5 Å². The van der Waals surface area contributed by atoms with E-state index in [0.29, 0.717) is 59.5 Å². The third-order valence-electron chi connectivity index (χ3n) is 10.7. The van der Waals surface area contributed by atoms with Gasteiger partial charge in [-0.25, -0.2) is 0 Å². The maximum Gasteiger partial charge on any atom is 0.308 e. The summed E-state index contributed by atoms with van der Waals surface area (Å²) in [6.45, 7) is 6.30. The lowest BCUT2D eigenvalue weighted by atomic mass is 9.75. The molecule has 0 spiro atoms. The van der Waals surface area contributed by atoms with Crippen LogP contribution in [-0.4, -0.2) is 55.4 Å². The minimum absolute atomic E-state index is 0.0323. The van der Waals surface area contributed by atoms with Gasteiger partial charge in [0.15, 0.2) is 23.0 Å². The van der Waals surface area contributed by atoms with Crippen molar-refractivity contribution in [2.75, 3.05) is 27.6 Å². The molecule has 0 aliphatic carbocycles. The van der Waals surface area contributed by atoms with Crippen LogP contribution in [0, 0.1) is 25.2 Å². The molecular formula is C42H41N3O7. The molecule has 0 saturated carbocycles. The van der Waals surface area contributed by atoms with Gasteiger partial charge in [-0.2, -0.15) is 5.26 Å². The standard InChI is InChI=1S/C42H41N3O7/c1-24-16-29-17-31-33(19-43)45-32(37(44(31)4)35(29)41(38(24)47-5)49-21-28-14-10-7-11-15-28)18-30-36(34(45)22-48-20-27-12-8-6-9-13-27)42-40(50-23-51-42)25(2)39(30)52-26(3)46/h6-16,18,31,33-34,37H,17,20-23H2,1-5H3/t31-,33-,34-,37-/m0/s1. The van der Waals surface area contributed by atoms with E-state index in [1.165, 1.54) is 6.92 Å². The molecular weight excluding hydrogens is 658 g/mol. The van der Waals surface area contributed by atoms with E-state index in [4.69, 9.17) is 28.4 Å². The minimum atomic E-state index is -0.549. The molecule has 1 saturated heterocycles. The number of piperazine rings is 1. The molecule has 0 N–H and O–H groups in total. The first-order chi connectivity index (χ1) is 25.3. The number of hydrogen-bond acceptors (Lipinski definition) is 10. The highest BCUT2D eigenvalue weighted by molar-refractivity contribution is 5.81. The lowest BCUT2D eigenvalue weighted by molar-refractivity contribution is -0.131. The highest BCUT2D eigenvalue weighted by Crippen LogP contribution is 2.59. The molecule has 8 rings (SSSR count). The van der Waals surface area contributed by atoms with Gasteiger partial charge >= 0.3 is 5.97 Å². The zero-order chi connectivity index (χ0) is 36.1. The molecule has 4 aromatic rings. The number of ether oxygens (including phenoxy) is 6. The molecule has 2 bridgehead atoms. The number of carbonyl (C=O) groups excluding carboxylic acids is 1. The Hall–Kier alpha value is -5.50. The van der Waals surface area contributed by atoms with Gasteiger partial charge in [0.1, 0.15) is 18.4 Å². The summed E-state index contributed by atoms with van der Waals surface area (Å²) in [5, 5.41) is 11.0. The van der Waals surface area contributed by atoms with E-state index >= 15 is 0 Å². The van der Waals surface area contributed by atoms with Crippen molar-refractivity contribution < 1.29 is 33.2 Å². The van der Waals surface area contributed by atoms with E-state index in [1.54, 1.807) is 7.11 Å². The van der Waals surface area contributed by atoms with Gasteiger partial charge in [-0.3, -0.25) is 9.69 Å². The lowest BCUT2D eigenvalue weighted by Crippen LogP contribution is -2.62. The maximum absolute atomic E-state index is 12.6. The summed E-state index contributed by atoms with van der Waals surface area (Å²) in [5.74, 6) is 2.43. The lowest BCUT2D eigenvalue weighted by Gasteiger charge is -2.57. The number of nitrogens with zero attached hydrogens (tertiary/aromatic N) is 3. The zero-order valence-corrected chi connectivity index (χ0v) is 30.0. The van der Waals surface area contributed by atoms with E-state index in [0.717, 1.165) is 39.1 Å². The number of methoxy groups -OCH3 is 1. The van der Waals surface area contributed by atoms with Crippen molar-refractivity contribution in [3.8, 4) is 34.8 Å². The number of esters is 1. The molecule has 52 heavy (non-hydrogen) atoms. The van der Waals surface area contributed by atoms with Gasteiger partial charge < -0.3 is 33.3 Å². The fourth-order valence-electron chi connectivity index (χ4n) is 8.43. The van der Waals surface area contributed by atoms with Crippen LogP contribution in [0.4, 0.5) is 0 Å². The minimum Gasteiger partial charge on any atom is -0.493 e. The van der Waals surface area contributed by atoms with Crippen LogP contribution in [0.25, 0.3) is 6.08 Å². The molecule has 4 aromatic carbocycles. The normalized spacial score (nSPS) is 20.9. The highest BCUT2D eigenvalue weighted by atomic mass is 16.7. The van der Waals surface area contributed by atoms with E-state index < -0.39 is 18.1 Å². The number of fused-ring (bicyclic) bond motifs is 9. The Morgan fingerprint density at radius 3 is 2.31 bits per heavy atom. The predicted octanol–water partition coefficient (Wildman–Crippen LogP) is 6.96. The first-order valence-corrected chi connectivity index (χ1v) is 17.5. The number of hydrogen-bond donors (Lipinski definition) is 0. The first kappa shape index (κ1) is 33.6. The average Bonchev–Trinajstić information content (AvgIpc) is 3.64. The Bertz CT molecular complexity index is 2110. The molecule has 4 aliphatic heterocycles. The van der Waals surface area contributed by atoms with Crippen molar-refractivity contribution in [3.05, 3.63) is 117 Å². The molecule has 10 nitrogen and oxygen atoms in total. The Labute approximate surface area is 303 Å². The molecule has 0 aromatic heterocycles. The highest BCUT2D eigenvalue weighted by Gasteiger charge is 2.54. The maximum atomic E-state index is 12.6. The fraction of sp³-hybridized carbons (Fsp3) is 0.333. The van der Waals surface area contributed by atoms with Crippen LogP contribution < -0.4 is 23.7 Å². The van der Waals surface area contributed by atoms with Crippen LogP contribution in [0.3, 0.4) is 0 Å². The largest absolute Gasteiger partial charge is 0.493 e. The van der Waals surface area contributed by atoms with Crippen molar-refractivity contribution in [1.29, 1.82) is 5.26 Å². The average molecular weight is 700 g/mol. The summed E-state index contributed by atoms with van der Waals surface area (Å²) in [7, 11) is 3.74. The van der Waals surface area contributed by atoms with Crippen molar-refractivity contribution in [2.45, 2.75) is 64.6 Å². The Balaban J connectivity index is 1.34. The summed E-state index contributed by atoms with van der Waals surface area (Å²) in [5.41, 5.74) is 8.16. The molecule has 0 unspecified atom stereocenters. The third kappa shape index (κ3) is 5.52. The summed E-state index contributed by atoms with van der Waals surface area (Å²) >= 11 is 0. The third-order valence-corrected chi connectivity index (χ3v) is 10.7. The second-order valence-corrected chi connectivity index (χ2v) is 13.7. The van der Waals surface area contributed by atoms with Crippen molar-refractivity contribution in [2.24, 2.45) is 0 Å². The summed E-state index contributed by atoms with van der Waals surface area (Å²) in [4.78, 5) is 17.1. The van der Waals surface area contributed by atoms with Gasteiger partial charge in [-0.1, -0.05) is 66.7 Å². The van der Waals surface area contributed by atoms with E-state index in [2.05, 4.69) is 35.1 Å². The SMILES string of the molecule is COc1c(C)cc2c(c1OCc1ccccc1)[C@@H]1C3=Cc4c(OC(C)=O)c(C)c5c(c4[C@H](COCc4ccccc4)N3[C@@H](C#N)[C@H](C2)N1C)OCO5. The summed E-state index contributed by atoms with van der Waals surface area (Å²) in [6.07, 6.45) is 2.69. The van der Waals surface area contributed by atoms with E-state index in [9.17, 15) is 10.1 Å². The van der Waals surface area contributed by atoms with Crippen molar-refractivity contribution >= 4 is 12.0 Å². The van der Waals surface area contributed by atoms with Crippen LogP contribution >= 0.6 is 0 Å². The smallest absolute Gasteiger partial charge is 0.308 e. The van der Waals surface area contributed by atoms with Crippen LogP contribution in [0.5, 0.6) is 28.7 Å². The molecule has 4 aliphatic rings. The number of benzene rings is 4. The van der Waals surface area contributed by atoms with Gasteiger partial charge in [0, 0.05) is 40.9 Å². The predicted molar refractivity (Wildman–Crippen MR) is 193 cm³/mol. The first-order valence-electron chi connectivity index (χ1n) is 17.5. The molecule has 4 atom stereocenters. The quantitative estimate of drug-likeness (QED) is 0.135. The van der Waals surface area contributed by atoms with Gasteiger partial charge in [-0.15, -0.1) is 0 Å². The number of rotatable bonds is 9. The Morgan fingerprint density at radius 2 is 1.63 bits per heavy atom. The summed E-state index contributed by atoms with van der Waals surface area (Å²) < 4.78 is 37.5. The fourth-order valence-corrected chi connectivity index (χ4v) is 8.43. The van der Waals surface area contributed by atoms with Crippen LogP contribution in [0.2, 0.25) is 0 Å². The van der Waals surface area contributed by atoms with Crippen molar-refractivity contribution in [3.63, 3.8) is 0 Å². The van der Waals surface area contributed by atoms with E-state index in [-0.39, 0.29) is 25.5 Å². The molecule has 4 heterocycles. The Kier molecular flexibility index (Phi) is 8.77. The molecule has 1 fully saturated rings. The zero-order valence-electron chi connectivity index (χ0n) is 30.0. The number of aryl methyl sites for hydroxylation is 1. The van der Waals surface area contributed by atoms with Gasteiger partial charge in [0.2, 0.25) is 6.79 Å².